The highest BCUT2D eigenvalue weighted by molar-refractivity contribution is 5.96. The Morgan fingerprint density at radius 2 is 2.35 bits per heavy atom. The maximum Gasteiger partial charge on any atom is 0.414 e. The van der Waals surface area contributed by atoms with Crippen molar-refractivity contribution in [3.05, 3.63) is 12.3 Å². The third-order valence-corrected chi connectivity index (χ3v) is 3.13. The maximum absolute atomic E-state index is 11.8. The van der Waals surface area contributed by atoms with Crippen LogP contribution in [0.25, 0.3) is 0 Å². The topological polar surface area (TPSA) is 107 Å². The summed E-state index contributed by atoms with van der Waals surface area (Å²) in [4.78, 5) is 28.6. The summed E-state index contributed by atoms with van der Waals surface area (Å²) in [6.07, 6.45) is 1.48. The summed E-state index contributed by atoms with van der Waals surface area (Å²) in [5, 5.41) is 2.65. The summed E-state index contributed by atoms with van der Waals surface area (Å²) in [7, 11) is 0. The van der Waals surface area contributed by atoms with Gasteiger partial charge in [-0.2, -0.15) is 0 Å². The van der Waals surface area contributed by atoms with Crippen molar-refractivity contribution < 1.29 is 19.1 Å². The fourth-order valence-corrected chi connectivity index (χ4v) is 2.18. The van der Waals surface area contributed by atoms with Crippen molar-refractivity contribution >= 4 is 23.4 Å². The van der Waals surface area contributed by atoms with Crippen LogP contribution in [0.15, 0.2) is 12.3 Å². The molecule has 3 N–H and O–H groups in total. The largest absolute Gasteiger partial charge is 0.466 e. The van der Waals surface area contributed by atoms with E-state index in [0.717, 1.165) is 0 Å². The first kappa shape index (κ1) is 12.7. The van der Waals surface area contributed by atoms with Gasteiger partial charge in [-0.15, -0.1) is 0 Å². The molecule has 0 aromatic carbocycles. The monoisotopic (exact) mass is 278 g/mol. The number of nitrogens with zero attached hydrogens (tertiary/aromatic N) is 2. The minimum Gasteiger partial charge on any atom is -0.466 e. The number of nitrogens with two attached hydrogens (primary N) is 1. The van der Waals surface area contributed by atoms with Crippen LogP contribution in [0.2, 0.25) is 0 Å². The molecule has 3 rings (SSSR count). The molecular formula is C12H14N4O4. The lowest BCUT2D eigenvalue weighted by atomic mass is 10.2. The molecule has 0 radical (unpaired) electrons. The Labute approximate surface area is 114 Å². The third-order valence-electron chi connectivity index (χ3n) is 3.13. The average Bonchev–Trinajstić information content (AvgIpc) is 2.79. The molecule has 106 valence electrons. The second-order valence-electron chi connectivity index (χ2n) is 4.58. The Bertz CT molecular complexity index is 562. The number of fused-ring (bicyclic) bond motifs is 1. The summed E-state index contributed by atoms with van der Waals surface area (Å²) in [6, 6.07) is 1.64. The molecule has 0 saturated carbocycles. The molecule has 0 spiro atoms. The average molecular weight is 278 g/mol. The molecule has 20 heavy (non-hydrogen) atoms. The molecule has 1 atom stereocenters. The van der Waals surface area contributed by atoms with E-state index in [9.17, 15) is 9.59 Å². The van der Waals surface area contributed by atoms with Gasteiger partial charge in [0.1, 0.15) is 11.8 Å². The van der Waals surface area contributed by atoms with Gasteiger partial charge in [0, 0.05) is 0 Å². The number of nitrogens with one attached hydrogen (secondary N) is 1. The second kappa shape index (κ2) is 4.97. The van der Waals surface area contributed by atoms with E-state index in [2.05, 4.69) is 10.3 Å². The number of pyridine rings is 1. The number of anilines is 2. The summed E-state index contributed by atoms with van der Waals surface area (Å²) < 4.78 is 10.4. The quantitative estimate of drug-likeness (QED) is 0.811. The van der Waals surface area contributed by atoms with Crippen LogP contribution in [0.4, 0.5) is 16.2 Å². The van der Waals surface area contributed by atoms with Gasteiger partial charge in [-0.05, 0) is 19.0 Å². The van der Waals surface area contributed by atoms with Crippen LogP contribution in [-0.4, -0.2) is 42.8 Å². The Hall–Kier alpha value is -2.35. The van der Waals surface area contributed by atoms with E-state index >= 15 is 0 Å². The Kier molecular flexibility index (Phi) is 3.15. The van der Waals surface area contributed by atoms with Gasteiger partial charge in [-0.1, -0.05) is 0 Å². The fraction of sp³-hybridized carbons (Fsp3) is 0.417. The van der Waals surface area contributed by atoms with Crippen molar-refractivity contribution in [2.75, 3.05) is 29.9 Å². The van der Waals surface area contributed by atoms with E-state index in [4.69, 9.17) is 15.2 Å². The van der Waals surface area contributed by atoms with Gasteiger partial charge in [0.25, 0.3) is 5.91 Å². The Balaban J connectivity index is 1.82. The number of cyclic esters (lactones) is 1. The van der Waals surface area contributed by atoms with Crippen LogP contribution in [0.1, 0.15) is 6.42 Å². The maximum atomic E-state index is 11.8. The number of carbonyl (C=O) groups excluding carboxylic acids is 2. The van der Waals surface area contributed by atoms with Crippen LogP contribution in [0.5, 0.6) is 5.88 Å². The van der Waals surface area contributed by atoms with E-state index in [1.807, 2.05) is 0 Å². The SMILES string of the molecule is NCCC1CN(c2cnc3c(c2)NC(=O)CO3)C(=O)O1. The number of hydrogen-bond acceptors (Lipinski definition) is 6. The number of aromatic nitrogens is 1. The number of hydrogen-bond donors (Lipinski definition) is 2. The van der Waals surface area contributed by atoms with Gasteiger partial charge in [-0.25, -0.2) is 9.78 Å². The zero-order valence-electron chi connectivity index (χ0n) is 10.7. The van der Waals surface area contributed by atoms with Gasteiger partial charge in [0.2, 0.25) is 5.88 Å². The van der Waals surface area contributed by atoms with Gasteiger partial charge >= 0.3 is 6.09 Å². The highest BCUT2D eigenvalue weighted by Gasteiger charge is 2.32. The van der Waals surface area contributed by atoms with Gasteiger partial charge in [0.05, 0.1) is 18.4 Å². The summed E-state index contributed by atoms with van der Waals surface area (Å²) >= 11 is 0. The van der Waals surface area contributed by atoms with E-state index in [-0.39, 0.29) is 18.6 Å². The van der Waals surface area contributed by atoms with Crippen LogP contribution in [0.3, 0.4) is 0 Å². The molecule has 0 aliphatic carbocycles. The van der Waals surface area contributed by atoms with Crippen molar-refractivity contribution in [1.29, 1.82) is 0 Å². The molecule has 8 nitrogen and oxygen atoms in total. The van der Waals surface area contributed by atoms with Crippen LogP contribution < -0.4 is 20.7 Å². The minimum absolute atomic E-state index is 0.0519. The molecule has 3 heterocycles. The van der Waals surface area contributed by atoms with E-state index in [1.54, 1.807) is 6.07 Å². The Morgan fingerprint density at radius 3 is 3.15 bits per heavy atom. The molecule has 2 aliphatic rings. The molecule has 8 heteroatoms. The van der Waals surface area contributed by atoms with Crippen molar-refractivity contribution in [1.82, 2.24) is 4.98 Å². The lowest BCUT2D eigenvalue weighted by Gasteiger charge is -2.19. The van der Waals surface area contributed by atoms with Crippen molar-refractivity contribution in [2.45, 2.75) is 12.5 Å². The normalized spacial score (nSPS) is 21.1. The molecule has 2 aliphatic heterocycles. The first-order chi connectivity index (χ1) is 9.67. The van der Waals surface area contributed by atoms with Gasteiger partial charge in [0.15, 0.2) is 6.61 Å². The molecule has 1 aromatic heterocycles. The Morgan fingerprint density at radius 1 is 1.50 bits per heavy atom. The first-order valence-corrected chi connectivity index (χ1v) is 6.28. The number of rotatable bonds is 3. The summed E-state index contributed by atoms with van der Waals surface area (Å²) in [5.74, 6) is 0.0980. The van der Waals surface area contributed by atoms with Crippen molar-refractivity contribution in [3.63, 3.8) is 0 Å². The van der Waals surface area contributed by atoms with Crippen LogP contribution in [0, 0.1) is 0 Å². The molecule has 1 unspecified atom stereocenters. The third kappa shape index (κ3) is 2.25. The number of amides is 2. The number of ether oxygens (including phenoxy) is 2. The van der Waals surface area contributed by atoms with Gasteiger partial charge < -0.3 is 20.5 Å². The summed E-state index contributed by atoms with van der Waals surface area (Å²) in [6.45, 7) is 0.826. The van der Waals surface area contributed by atoms with Crippen LogP contribution in [-0.2, 0) is 9.53 Å². The molecule has 1 fully saturated rings. The standard InChI is InChI=1S/C12H14N4O4/c13-2-1-8-5-16(12(18)20-8)7-3-9-11(14-4-7)19-6-10(17)15-9/h3-4,8H,1-2,5-6,13H2,(H,15,17). The smallest absolute Gasteiger partial charge is 0.414 e. The zero-order valence-corrected chi connectivity index (χ0v) is 10.7. The van der Waals surface area contributed by atoms with E-state index in [1.165, 1.54) is 11.1 Å². The molecule has 1 saturated heterocycles. The predicted octanol–water partition coefficient (Wildman–Crippen LogP) is 0.0865. The highest BCUT2D eigenvalue weighted by atomic mass is 16.6. The molecule has 1 aromatic rings. The lowest BCUT2D eigenvalue weighted by molar-refractivity contribution is -0.118. The van der Waals surface area contributed by atoms with E-state index < -0.39 is 6.09 Å². The summed E-state index contributed by atoms with van der Waals surface area (Å²) in [5.41, 5.74) is 6.47. The molecular weight excluding hydrogens is 264 g/mol. The minimum atomic E-state index is -0.437. The first-order valence-electron chi connectivity index (χ1n) is 6.28. The predicted molar refractivity (Wildman–Crippen MR) is 69.6 cm³/mol. The molecule has 2 amide bonds. The zero-order chi connectivity index (χ0) is 14.1. The fourth-order valence-electron chi connectivity index (χ4n) is 2.18. The van der Waals surface area contributed by atoms with Crippen LogP contribution >= 0.6 is 0 Å². The van der Waals surface area contributed by atoms with Gasteiger partial charge in [-0.3, -0.25) is 9.69 Å². The van der Waals surface area contributed by atoms with E-state index in [0.29, 0.717) is 36.8 Å². The van der Waals surface area contributed by atoms with Crippen molar-refractivity contribution in [3.8, 4) is 5.88 Å². The molecule has 0 bridgehead atoms. The lowest BCUT2D eigenvalue weighted by Crippen LogP contribution is -2.28. The second-order valence-corrected chi connectivity index (χ2v) is 4.58. The number of carbonyl (C=O) groups is 2. The van der Waals surface area contributed by atoms with Crippen molar-refractivity contribution in [2.24, 2.45) is 5.73 Å². The highest BCUT2D eigenvalue weighted by Crippen LogP contribution is 2.31.